The van der Waals surface area contributed by atoms with E-state index in [1.807, 2.05) is 12.1 Å². The van der Waals surface area contributed by atoms with Crippen molar-refractivity contribution < 1.29 is 0 Å². The van der Waals surface area contributed by atoms with Gasteiger partial charge in [-0.2, -0.15) is 0 Å². The third-order valence-corrected chi connectivity index (χ3v) is 2.00. The molecule has 0 radical (unpaired) electrons. The van der Waals surface area contributed by atoms with Gasteiger partial charge in [-0.25, -0.2) is 0 Å². The molecule has 0 fully saturated rings. The Morgan fingerprint density at radius 3 is 2.67 bits per heavy atom. The molecule has 2 rings (SSSR count). The highest BCUT2D eigenvalue weighted by atomic mass is 15.2. The molecule has 0 bridgehead atoms. The summed E-state index contributed by atoms with van der Waals surface area (Å²) in [6, 6.07) is 3.97. The number of rotatable bonds is 1. The maximum Gasteiger partial charge on any atom is 0.130 e. The van der Waals surface area contributed by atoms with Gasteiger partial charge in [0.05, 0.1) is 6.54 Å². The van der Waals surface area contributed by atoms with Crippen LogP contribution in [0.4, 0.5) is 0 Å². The predicted molar refractivity (Wildman–Crippen MR) is 48.3 cm³/mol. The number of amidine groups is 1. The first-order valence-corrected chi connectivity index (χ1v) is 4.04. The largest absolute Gasteiger partial charge is 0.358 e. The fourth-order valence-electron chi connectivity index (χ4n) is 1.35. The summed E-state index contributed by atoms with van der Waals surface area (Å²) >= 11 is 0. The lowest BCUT2D eigenvalue weighted by molar-refractivity contribution is 0.557. The van der Waals surface area contributed by atoms with Crippen molar-refractivity contribution in [3.05, 3.63) is 30.1 Å². The average Bonchev–Trinajstić information content (AvgIpc) is 2.53. The molecule has 62 valence electrons. The van der Waals surface area contributed by atoms with E-state index in [1.165, 1.54) is 0 Å². The van der Waals surface area contributed by atoms with E-state index in [4.69, 9.17) is 0 Å². The summed E-state index contributed by atoms with van der Waals surface area (Å²) in [6.45, 7) is 1.94. The fourth-order valence-corrected chi connectivity index (χ4v) is 1.35. The average molecular weight is 161 g/mol. The molecule has 0 atom stereocenters. The summed E-state index contributed by atoms with van der Waals surface area (Å²) in [4.78, 5) is 10.5. The molecule has 0 aliphatic carbocycles. The Morgan fingerprint density at radius 2 is 2.08 bits per heavy atom. The first-order valence-electron chi connectivity index (χ1n) is 4.04. The Bertz CT molecular complexity index is 292. The smallest absolute Gasteiger partial charge is 0.130 e. The molecule has 1 aliphatic rings. The monoisotopic (exact) mass is 161 g/mol. The lowest BCUT2D eigenvalue weighted by atomic mass is 10.2. The van der Waals surface area contributed by atoms with Gasteiger partial charge in [-0.05, 0) is 12.1 Å². The van der Waals surface area contributed by atoms with Gasteiger partial charge in [0.1, 0.15) is 5.84 Å². The van der Waals surface area contributed by atoms with Gasteiger partial charge in [0.25, 0.3) is 0 Å². The summed E-state index contributed by atoms with van der Waals surface area (Å²) < 4.78 is 0. The van der Waals surface area contributed by atoms with Crippen LogP contribution in [-0.2, 0) is 0 Å². The molecule has 0 saturated heterocycles. The zero-order chi connectivity index (χ0) is 8.39. The zero-order valence-corrected chi connectivity index (χ0v) is 7.07. The van der Waals surface area contributed by atoms with Crippen LogP contribution in [0.2, 0.25) is 0 Å². The minimum Gasteiger partial charge on any atom is -0.358 e. The lowest BCUT2D eigenvalue weighted by Gasteiger charge is -2.12. The van der Waals surface area contributed by atoms with E-state index in [2.05, 4.69) is 21.9 Å². The normalized spacial score (nSPS) is 16.4. The summed E-state index contributed by atoms with van der Waals surface area (Å²) in [7, 11) is 2.06. The number of hydrogen-bond acceptors (Lipinski definition) is 3. The minimum absolute atomic E-state index is 0.911. The van der Waals surface area contributed by atoms with Crippen molar-refractivity contribution in [1.82, 2.24) is 9.88 Å². The lowest BCUT2D eigenvalue weighted by Crippen LogP contribution is -2.23. The van der Waals surface area contributed by atoms with Crippen LogP contribution in [-0.4, -0.2) is 35.9 Å². The van der Waals surface area contributed by atoms with Crippen molar-refractivity contribution in [2.24, 2.45) is 4.99 Å². The Balaban J connectivity index is 2.31. The van der Waals surface area contributed by atoms with Gasteiger partial charge in [0.15, 0.2) is 0 Å². The van der Waals surface area contributed by atoms with Crippen LogP contribution in [0.25, 0.3) is 0 Å². The van der Waals surface area contributed by atoms with Crippen molar-refractivity contribution in [3.63, 3.8) is 0 Å². The topological polar surface area (TPSA) is 28.5 Å². The molecule has 0 amide bonds. The maximum atomic E-state index is 4.40. The number of aromatic nitrogens is 1. The second-order valence-electron chi connectivity index (χ2n) is 2.86. The van der Waals surface area contributed by atoms with Gasteiger partial charge in [-0.3, -0.25) is 9.98 Å². The standard InChI is InChI=1S/C9H11N3/c1-12-7-6-11-9(12)8-2-4-10-5-3-8/h2-5H,6-7H2,1H3. The molecule has 0 aromatic carbocycles. The highest BCUT2D eigenvalue weighted by molar-refractivity contribution is 5.99. The van der Waals surface area contributed by atoms with E-state index in [0.717, 1.165) is 24.5 Å². The molecule has 0 N–H and O–H groups in total. The summed E-state index contributed by atoms with van der Waals surface area (Å²) in [6.07, 6.45) is 3.59. The third-order valence-electron chi connectivity index (χ3n) is 2.00. The molecule has 3 heteroatoms. The highest BCUT2D eigenvalue weighted by Crippen LogP contribution is 2.07. The van der Waals surface area contributed by atoms with E-state index in [9.17, 15) is 0 Å². The number of pyridine rings is 1. The minimum atomic E-state index is 0.911. The van der Waals surface area contributed by atoms with Gasteiger partial charge in [-0.1, -0.05) is 0 Å². The SMILES string of the molecule is CN1CCN=C1c1ccncc1. The Morgan fingerprint density at radius 1 is 1.33 bits per heavy atom. The highest BCUT2D eigenvalue weighted by Gasteiger charge is 2.13. The maximum absolute atomic E-state index is 4.40. The number of nitrogens with zero attached hydrogens (tertiary/aromatic N) is 3. The number of hydrogen-bond donors (Lipinski definition) is 0. The third kappa shape index (κ3) is 1.18. The van der Waals surface area contributed by atoms with Crippen LogP contribution >= 0.6 is 0 Å². The molecule has 2 heterocycles. The van der Waals surface area contributed by atoms with Gasteiger partial charge in [-0.15, -0.1) is 0 Å². The molecule has 0 unspecified atom stereocenters. The molecule has 1 aliphatic heterocycles. The number of likely N-dealkylation sites (N-methyl/N-ethyl adjacent to an activating group) is 1. The van der Waals surface area contributed by atoms with Crippen LogP contribution < -0.4 is 0 Å². The zero-order valence-electron chi connectivity index (χ0n) is 7.07. The molecule has 1 aromatic rings. The summed E-state index contributed by atoms with van der Waals surface area (Å²) in [5, 5.41) is 0. The quantitative estimate of drug-likeness (QED) is 0.608. The van der Waals surface area contributed by atoms with Crippen molar-refractivity contribution in [2.45, 2.75) is 0 Å². The van der Waals surface area contributed by atoms with Gasteiger partial charge in [0, 0.05) is 31.5 Å². The Labute approximate surface area is 71.8 Å². The first-order chi connectivity index (χ1) is 5.88. The first kappa shape index (κ1) is 7.28. The van der Waals surface area contributed by atoms with E-state index >= 15 is 0 Å². The van der Waals surface area contributed by atoms with Crippen LogP contribution in [0.1, 0.15) is 5.56 Å². The van der Waals surface area contributed by atoms with Crippen LogP contribution in [0.5, 0.6) is 0 Å². The van der Waals surface area contributed by atoms with Crippen molar-refractivity contribution in [3.8, 4) is 0 Å². The van der Waals surface area contributed by atoms with E-state index in [-0.39, 0.29) is 0 Å². The summed E-state index contributed by atoms with van der Waals surface area (Å²) in [5.41, 5.74) is 1.16. The van der Waals surface area contributed by atoms with Gasteiger partial charge < -0.3 is 4.90 Å². The molecule has 12 heavy (non-hydrogen) atoms. The predicted octanol–water partition coefficient (Wildman–Crippen LogP) is 0.774. The molecule has 3 nitrogen and oxygen atoms in total. The van der Waals surface area contributed by atoms with E-state index < -0.39 is 0 Å². The second-order valence-corrected chi connectivity index (χ2v) is 2.86. The van der Waals surface area contributed by atoms with Crippen molar-refractivity contribution in [2.75, 3.05) is 20.1 Å². The molecule has 0 saturated carbocycles. The van der Waals surface area contributed by atoms with E-state index in [0.29, 0.717) is 0 Å². The Kier molecular flexibility index (Phi) is 1.78. The fraction of sp³-hybridized carbons (Fsp3) is 0.333. The molecular formula is C9H11N3. The van der Waals surface area contributed by atoms with Crippen LogP contribution in [0.15, 0.2) is 29.5 Å². The summed E-state index contributed by atoms with van der Waals surface area (Å²) in [5.74, 6) is 1.08. The van der Waals surface area contributed by atoms with E-state index in [1.54, 1.807) is 12.4 Å². The van der Waals surface area contributed by atoms with Gasteiger partial charge >= 0.3 is 0 Å². The molecule has 1 aromatic heterocycles. The Hall–Kier alpha value is -1.38. The number of aliphatic imine (C=N–C) groups is 1. The molecule has 0 spiro atoms. The molecular weight excluding hydrogens is 150 g/mol. The van der Waals surface area contributed by atoms with Crippen molar-refractivity contribution in [1.29, 1.82) is 0 Å². The van der Waals surface area contributed by atoms with Crippen LogP contribution in [0.3, 0.4) is 0 Å². The van der Waals surface area contributed by atoms with Crippen molar-refractivity contribution >= 4 is 5.84 Å². The van der Waals surface area contributed by atoms with Gasteiger partial charge in [0.2, 0.25) is 0 Å². The second kappa shape index (κ2) is 2.93. The van der Waals surface area contributed by atoms with Crippen LogP contribution in [0, 0.1) is 0 Å².